The van der Waals surface area contributed by atoms with E-state index >= 15 is 0 Å². The number of hydrogen-bond acceptors (Lipinski definition) is 5. The summed E-state index contributed by atoms with van der Waals surface area (Å²) in [5.74, 6) is -0.393. The van der Waals surface area contributed by atoms with Crippen molar-refractivity contribution in [1.29, 1.82) is 0 Å². The lowest BCUT2D eigenvalue weighted by molar-refractivity contribution is -0.151. The van der Waals surface area contributed by atoms with Gasteiger partial charge in [0.25, 0.3) is 9.05 Å². The van der Waals surface area contributed by atoms with Gasteiger partial charge in [-0.05, 0) is 38.0 Å². The molecule has 0 amide bonds. The quantitative estimate of drug-likeness (QED) is 0.626. The molecule has 116 valence electrons. The summed E-state index contributed by atoms with van der Waals surface area (Å²) in [4.78, 5) is 12.2. The predicted octanol–water partition coefficient (Wildman–Crippen LogP) is 2.82. The first-order valence-corrected chi connectivity index (χ1v) is 9.05. The van der Waals surface area contributed by atoms with Gasteiger partial charge in [-0.25, -0.2) is 8.42 Å². The van der Waals surface area contributed by atoms with Crippen LogP contribution in [0, 0.1) is 0 Å². The van der Waals surface area contributed by atoms with Crippen molar-refractivity contribution in [2.75, 3.05) is 6.61 Å². The molecule has 7 heteroatoms. The minimum Gasteiger partial charge on any atom is -0.493 e. The summed E-state index contributed by atoms with van der Waals surface area (Å²) in [6.45, 7) is 4.13. The molecule has 0 saturated carbocycles. The van der Waals surface area contributed by atoms with Crippen molar-refractivity contribution in [3.05, 3.63) is 23.8 Å². The second-order valence-corrected chi connectivity index (χ2v) is 7.55. The van der Waals surface area contributed by atoms with E-state index in [4.69, 9.17) is 20.2 Å². The van der Waals surface area contributed by atoms with Crippen molar-refractivity contribution in [2.45, 2.75) is 43.6 Å². The number of benzene rings is 1. The molecule has 0 spiro atoms. The Hall–Kier alpha value is -1.27. The molecule has 2 unspecified atom stereocenters. The Balaban J connectivity index is 2.35. The highest BCUT2D eigenvalue weighted by molar-refractivity contribution is 8.13. The summed E-state index contributed by atoms with van der Waals surface area (Å²) < 4.78 is 33.7. The molecule has 0 bridgehead atoms. The van der Waals surface area contributed by atoms with E-state index < -0.39 is 15.0 Å². The van der Waals surface area contributed by atoms with Gasteiger partial charge in [0, 0.05) is 16.2 Å². The van der Waals surface area contributed by atoms with E-state index in [9.17, 15) is 13.2 Å². The molecule has 0 N–H and O–H groups in total. The number of rotatable bonds is 4. The first-order chi connectivity index (χ1) is 9.82. The molecular formula is C14H17ClO5S. The highest BCUT2D eigenvalue weighted by atomic mass is 35.7. The van der Waals surface area contributed by atoms with Crippen LogP contribution in [0.25, 0.3) is 0 Å². The Kier molecular flexibility index (Phi) is 4.78. The van der Waals surface area contributed by atoms with E-state index in [2.05, 4.69) is 0 Å². The monoisotopic (exact) mass is 332 g/mol. The van der Waals surface area contributed by atoms with Crippen LogP contribution in [0.4, 0.5) is 0 Å². The van der Waals surface area contributed by atoms with Gasteiger partial charge in [-0.3, -0.25) is 4.79 Å². The summed E-state index contributed by atoms with van der Waals surface area (Å²) >= 11 is 0. The molecule has 2 rings (SSSR count). The molecule has 0 aromatic heterocycles. The molecule has 21 heavy (non-hydrogen) atoms. The molecule has 1 aromatic carbocycles. The maximum atomic E-state index is 12.2. The van der Waals surface area contributed by atoms with Gasteiger partial charge in [-0.1, -0.05) is 6.92 Å². The zero-order valence-electron chi connectivity index (χ0n) is 11.8. The fourth-order valence-electron chi connectivity index (χ4n) is 2.13. The molecule has 2 atom stereocenters. The third-order valence-corrected chi connectivity index (χ3v) is 4.83. The van der Waals surface area contributed by atoms with Crippen LogP contribution >= 0.6 is 10.7 Å². The van der Waals surface area contributed by atoms with Gasteiger partial charge in [0.15, 0.2) is 0 Å². The first-order valence-electron chi connectivity index (χ1n) is 6.74. The lowest BCUT2D eigenvalue weighted by Gasteiger charge is -2.26. The highest BCUT2D eigenvalue weighted by Crippen LogP contribution is 2.36. The van der Waals surface area contributed by atoms with E-state index in [-0.39, 0.29) is 17.0 Å². The van der Waals surface area contributed by atoms with Crippen LogP contribution in [0.3, 0.4) is 0 Å². The van der Waals surface area contributed by atoms with Crippen LogP contribution in [0.15, 0.2) is 23.1 Å². The summed E-state index contributed by atoms with van der Waals surface area (Å²) in [5.41, 5.74) is 0.510. The lowest BCUT2D eigenvalue weighted by atomic mass is 9.93. The Morgan fingerprint density at radius 3 is 2.86 bits per heavy atom. The SMILES string of the molecule is CCC(C)OC(=O)C1CCOc2ccc(S(=O)(=O)Cl)cc21. The minimum absolute atomic E-state index is 0.0465. The first kappa shape index (κ1) is 16.1. The standard InChI is InChI=1S/C14H17ClO5S/c1-3-9(2)20-14(16)11-6-7-19-13-5-4-10(8-12(11)13)21(15,17)18/h4-5,8-9,11H,3,6-7H2,1-2H3. The number of halogens is 1. The Bertz CT molecular complexity index is 641. The third-order valence-electron chi connectivity index (χ3n) is 3.48. The number of carbonyl (C=O) groups excluding carboxylic acids is 1. The Morgan fingerprint density at radius 2 is 2.24 bits per heavy atom. The fraction of sp³-hybridized carbons (Fsp3) is 0.500. The van der Waals surface area contributed by atoms with Crippen LogP contribution in [0.2, 0.25) is 0 Å². The average Bonchev–Trinajstić information content (AvgIpc) is 2.44. The largest absolute Gasteiger partial charge is 0.493 e. The summed E-state index contributed by atoms with van der Waals surface area (Å²) in [5, 5.41) is 0. The van der Waals surface area contributed by atoms with Gasteiger partial charge >= 0.3 is 5.97 Å². The molecule has 0 radical (unpaired) electrons. The van der Waals surface area contributed by atoms with Crippen molar-refractivity contribution in [3.63, 3.8) is 0 Å². The number of fused-ring (bicyclic) bond motifs is 1. The zero-order chi connectivity index (χ0) is 15.6. The number of esters is 1. The Morgan fingerprint density at radius 1 is 1.52 bits per heavy atom. The molecule has 1 aliphatic heterocycles. The third kappa shape index (κ3) is 3.68. The number of carbonyl (C=O) groups is 1. The lowest BCUT2D eigenvalue weighted by Crippen LogP contribution is -2.26. The van der Waals surface area contributed by atoms with Gasteiger partial charge < -0.3 is 9.47 Å². The minimum atomic E-state index is -3.85. The van der Waals surface area contributed by atoms with Crippen LogP contribution in [-0.4, -0.2) is 27.1 Å². The average molecular weight is 333 g/mol. The molecule has 5 nitrogen and oxygen atoms in total. The number of ether oxygens (including phenoxy) is 2. The maximum Gasteiger partial charge on any atom is 0.313 e. The molecule has 1 aromatic rings. The summed E-state index contributed by atoms with van der Waals surface area (Å²) in [7, 11) is 1.50. The van der Waals surface area contributed by atoms with Crippen LogP contribution in [0.1, 0.15) is 38.2 Å². The fourth-order valence-corrected chi connectivity index (χ4v) is 2.92. The van der Waals surface area contributed by atoms with E-state index in [0.29, 0.717) is 24.3 Å². The maximum absolute atomic E-state index is 12.2. The Labute approximate surface area is 128 Å². The van der Waals surface area contributed by atoms with E-state index in [1.165, 1.54) is 18.2 Å². The van der Waals surface area contributed by atoms with Crippen molar-refractivity contribution in [2.24, 2.45) is 0 Å². The van der Waals surface area contributed by atoms with E-state index in [0.717, 1.165) is 6.42 Å². The van der Waals surface area contributed by atoms with Crippen LogP contribution < -0.4 is 4.74 Å². The molecule has 1 aliphatic rings. The second-order valence-electron chi connectivity index (χ2n) is 4.98. The topological polar surface area (TPSA) is 69.7 Å². The van der Waals surface area contributed by atoms with E-state index in [1.807, 2.05) is 13.8 Å². The summed E-state index contributed by atoms with van der Waals surface area (Å²) in [6, 6.07) is 4.27. The van der Waals surface area contributed by atoms with Crippen molar-refractivity contribution in [3.8, 4) is 5.75 Å². The van der Waals surface area contributed by atoms with Gasteiger partial charge in [-0.15, -0.1) is 0 Å². The molecule has 0 saturated heterocycles. The van der Waals surface area contributed by atoms with Gasteiger partial charge in [0.1, 0.15) is 5.75 Å². The van der Waals surface area contributed by atoms with Crippen LogP contribution in [-0.2, 0) is 18.6 Å². The van der Waals surface area contributed by atoms with Crippen molar-refractivity contribution in [1.82, 2.24) is 0 Å². The van der Waals surface area contributed by atoms with Gasteiger partial charge in [0.2, 0.25) is 0 Å². The smallest absolute Gasteiger partial charge is 0.313 e. The van der Waals surface area contributed by atoms with Gasteiger partial charge in [-0.2, -0.15) is 0 Å². The van der Waals surface area contributed by atoms with E-state index in [1.54, 1.807) is 0 Å². The zero-order valence-corrected chi connectivity index (χ0v) is 13.4. The number of hydrogen-bond donors (Lipinski definition) is 0. The second kappa shape index (κ2) is 6.23. The summed E-state index contributed by atoms with van der Waals surface area (Å²) in [6.07, 6.45) is 0.995. The normalized spacial score (nSPS) is 19.3. The predicted molar refractivity (Wildman–Crippen MR) is 78.2 cm³/mol. The van der Waals surface area contributed by atoms with Gasteiger partial charge in [0.05, 0.1) is 23.5 Å². The molecular weight excluding hydrogens is 316 g/mol. The molecule has 1 heterocycles. The highest BCUT2D eigenvalue weighted by Gasteiger charge is 2.31. The molecule has 0 aliphatic carbocycles. The van der Waals surface area contributed by atoms with Crippen molar-refractivity contribution >= 4 is 25.7 Å². The van der Waals surface area contributed by atoms with Crippen LogP contribution in [0.5, 0.6) is 5.75 Å². The molecule has 0 fully saturated rings. The van der Waals surface area contributed by atoms with Crippen molar-refractivity contribution < 1.29 is 22.7 Å².